The van der Waals surface area contributed by atoms with Gasteiger partial charge in [0.1, 0.15) is 5.56 Å². The second kappa shape index (κ2) is 10.9. The standard InChI is InChI=1S/C18H14N2O5.C15H13N/c1-10-15(11-6-3-4-8-13(11)19(10)2)17(21)12-7-5-9-14(20(24)25)16(12)18(22)23;1-12-6-5-9-15-10-14(11-16(12)15)13-7-3-2-4-8-13/h3-9H,1-2H3,(H,22,23);2-11H,1H3. The summed E-state index contributed by atoms with van der Waals surface area (Å²) in [5.74, 6) is -2.05. The number of carbonyl (C=O) groups is 2. The van der Waals surface area contributed by atoms with E-state index in [0.29, 0.717) is 16.6 Å². The van der Waals surface area contributed by atoms with Crippen molar-refractivity contribution in [3.63, 3.8) is 0 Å². The van der Waals surface area contributed by atoms with Crippen LogP contribution in [0.15, 0.2) is 103 Å². The normalized spacial score (nSPS) is 10.8. The highest BCUT2D eigenvalue weighted by molar-refractivity contribution is 6.21. The third-order valence-corrected chi connectivity index (χ3v) is 7.27. The lowest BCUT2D eigenvalue weighted by molar-refractivity contribution is -0.385. The first kappa shape index (κ1) is 27.1. The minimum atomic E-state index is -1.51. The van der Waals surface area contributed by atoms with E-state index < -0.39 is 27.9 Å². The molecule has 1 N–H and O–H groups in total. The van der Waals surface area contributed by atoms with Crippen molar-refractivity contribution in [2.45, 2.75) is 13.8 Å². The van der Waals surface area contributed by atoms with Crippen LogP contribution in [0.3, 0.4) is 0 Å². The largest absolute Gasteiger partial charge is 0.477 e. The minimum absolute atomic E-state index is 0.193. The van der Waals surface area contributed by atoms with Crippen molar-refractivity contribution in [2.75, 3.05) is 0 Å². The number of nitrogens with zero attached hydrogens (tertiary/aromatic N) is 3. The van der Waals surface area contributed by atoms with Crippen molar-refractivity contribution in [2.24, 2.45) is 7.05 Å². The lowest BCUT2D eigenvalue weighted by Crippen LogP contribution is -2.13. The molecule has 0 spiro atoms. The van der Waals surface area contributed by atoms with Gasteiger partial charge in [-0.1, -0.05) is 60.7 Å². The van der Waals surface area contributed by atoms with E-state index >= 15 is 0 Å². The summed E-state index contributed by atoms with van der Waals surface area (Å²) < 4.78 is 4.06. The van der Waals surface area contributed by atoms with Crippen molar-refractivity contribution in [1.29, 1.82) is 0 Å². The number of ketones is 1. The molecule has 6 rings (SSSR count). The minimum Gasteiger partial charge on any atom is -0.477 e. The maximum atomic E-state index is 13.1. The van der Waals surface area contributed by atoms with E-state index in [2.05, 4.69) is 66.1 Å². The van der Waals surface area contributed by atoms with Gasteiger partial charge in [-0.05, 0) is 49.7 Å². The molecule has 0 fully saturated rings. The number of aromatic nitrogens is 2. The Morgan fingerprint density at radius 3 is 2.17 bits per heavy atom. The SMILES string of the molecule is Cc1c(C(=O)c2cccc([N+](=O)[O-])c2C(=O)O)c2ccccc2n1C.Cc1cccc2cc(-c3ccccc3)cn12. The second-order valence-electron chi connectivity index (χ2n) is 9.68. The third kappa shape index (κ3) is 4.98. The highest BCUT2D eigenvalue weighted by atomic mass is 16.6. The first-order valence-electron chi connectivity index (χ1n) is 12.9. The monoisotopic (exact) mass is 545 g/mol. The Morgan fingerprint density at radius 2 is 1.49 bits per heavy atom. The zero-order chi connectivity index (χ0) is 29.3. The molecule has 204 valence electrons. The molecule has 0 aliphatic heterocycles. The molecule has 0 atom stereocenters. The summed E-state index contributed by atoms with van der Waals surface area (Å²) in [5, 5.41) is 21.2. The summed E-state index contributed by atoms with van der Waals surface area (Å²) >= 11 is 0. The summed E-state index contributed by atoms with van der Waals surface area (Å²) in [5.41, 5.74) is 5.50. The Hall–Kier alpha value is -5.50. The maximum absolute atomic E-state index is 13.1. The van der Waals surface area contributed by atoms with Crippen LogP contribution in [0.2, 0.25) is 0 Å². The van der Waals surface area contributed by atoms with Crippen LogP contribution in [0.25, 0.3) is 27.5 Å². The molecular formula is C33H27N3O5. The Kier molecular flexibility index (Phi) is 7.22. The molecule has 8 heteroatoms. The van der Waals surface area contributed by atoms with Crippen LogP contribution in [0.5, 0.6) is 0 Å². The summed E-state index contributed by atoms with van der Waals surface area (Å²) in [6.45, 7) is 3.88. The van der Waals surface area contributed by atoms with Crippen molar-refractivity contribution in [3.05, 3.63) is 141 Å². The number of benzene rings is 3. The molecular weight excluding hydrogens is 518 g/mol. The quantitative estimate of drug-likeness (QED) is 0.140. The van der Waals surface area contributed by atoms with Crippen LogP contribution >= 0.6 is 0 Å². The first-order chi connectivity index (χ1) is 19.7. The number of fused-ring (bicyclic) bond motifs is 2. The van der Waals surface area contributed by atoms with E-state index in [1.54, 1.807) is 26.1 Å². The smallest absolute Gasteiger partial charge is 0.343 e. The summed E-state index contributed by atoms with van der Waals surface area (Å²) in [6, 6.07) is 30.0. The lowest BCUT2D eigenvalue weighted by Gasteiger charge is -2.07. The van der Waals surface area contributed by atoms with Gasteiger partial charge in [0.15, 0.2) is 5.78 Å². The average molecular weight is 546 g/mol. The molecule has 6 aromatic rings. The molecule has 0 saturated heterocycles. The maximum Gasteiger partial charge on any atom is 0.343 e. The van der Waals surface area contributed by atoms with E-state index in [-0.39, 0.29) is 5.56 Å². The van der Waals surface area contributed by atoms with Gasteiger partial charge in [-0.25, -0.2) is 4.79 Å². The van der Waals surface area contributed by atoms with Crippen LogP contribution in [0.4, 0.5) is 5.69 Å². The number of nitro groups is 1. The molecule has 0 bridgehead atoms. The van der Waals surface area contributed by atoms with Crippen LogP contribution in [0, 0.1) is 24.0 Å². The molecule has 0 aliphatic carbocycles. The van der Waals surface area contributed by atoms with Gasteiger partial charge < -0.3 is 14.1 Å². The van der Waals surface area contributed by atoms with E-state index in [1.165, 1.54) is 34.5 Å². The number of para-hydroxylation sites is 1. The van der Waals surface area contributed by atoms with Crippen molar-refractivity contribution >= 4 is 33.9 Å². The summed E-state index contributed by atoms with van der Waals surface area (Å²) in [6.07, 6.45) is 2.19. The highest BCUT2D eigenvalue weighted by Gasteiger charge is 2.29. The fourth-order valence-electron chi connectivity index (χ4n) is 5.12. The molecule has 8 nitrogen and oxygen atoms in total. The van der Waals surface area contributed by atoms with E-state index in [1.807, 2.05) is 22.8 Å². The van der Waals surface area contributed by atoms with Crippen molar-refractivity contribution in [3.8, 4) is 11.1 Å². The molecule has 3 aromatic carbocycles. The van der Waals surface area contributed by atoms with E-state index in [9.17, 15) is 24.8 Å². The van der Waals surface area contributed by atoms with Gasteiger partial charge in [0.25, 0.3) is 5.69 Å². The van der Waals surface area contributed by atoms with Crippen molar-refractivity contribution < 1.29 is 19.6 Å². The second-order valence-corrected chi connectivity index (χ2v) is 9.68. The summed E-state index contributed by atoms with van der Waals surface area (Å²) in [4.78, 5) is 35.0. The highest BCUT2D eigenvalue weighted by Crippen LogP contribution is 2.30. The Labute approximate surface area is 235 Å². The first-order valence-corrected chi connectivity index (χ1v) is 12.9. The van der Waals surface area contributed by atoms with Crippen LogP contribution < -0.4 is 0 Å². The fourth-order valence-corrected chi connectivity index (χ4v) is 5.12. The number of nitro benzene ring substituents is 1. The average Bonchev–Trinajstić information content (AvgIpc) is 3.53. The van der Waals surface area contributed by atoms with Crippen LogP contribution in [0.1, 0.15) is 37.7 Å². The molecule has 0 aliphatic rings. The predicted molar refractivity (Wildman–Crippen MR) is 159 cm³/mol. The van der Waals surface area contributed by atoms with Gasteiger partial charge in [0.2, 0.25) is 0 Å². The predicted octanol–water partition coefficient (Wildman–Crippen LogP) is 7.24. The summed E-state index contributed by atoms with van der Waals surface area (Å²) in [7, 11) is 1.81. The van der Waals surface area contributed by atoms with E-state index in [4.69, 9.17) is 0 Å². The van der Waals surface area contributed by atoms with E-state index in [0.717, 1.165) is 11.6 Å². The third-order valence-electron chi connectivity index (χ3n) is 7.27. The van der Waals surface area contributed by atoms with Crippen LogP contribution in [-0.4, -0.2) is 30.8 Å². The molecule has 3 heterocycles. The van der Waals surface area contributed by atoms with Gasteiger partial charge in [-0.15, -0.1) is 0 Å². The van der Waals surface area contributed by atoms with Gasteiger partial charge in [-0.2, -0.15) is 0 Å². The molecule has 0 unspecified atom stereocenters. The number of rotatable bonds is 5. The molecule has 0 radical (unpaired) electrons. The molecule has 3 aromatic heterocycles. The fraction of sp³-hybridized carbons (Fsp3) is 0.0909. The molecule has 41 heavy (non-hydrogen) atoms. The molecule has 0 saturated carbocycles. The zero-order valence-corrected chi connectivity index (χ0v) is 22.7. The zero-order valence-electron chi connectivity index (χ0n) is 22.7. The Morgan fingerprint density at radius 1 is 0.805 bits per heavy atom. The number of carbonyl (C=O) groups excluding carboxylic acids is 1. The number of carboxylic acid groups (broad SMARTS) is 1. The Bertz CT molecular complexity index is 1950. The van der Waals surface area contributed by atoms with Gasteiger partial charge in [0, 0.05) is 58.2 Å². The number of hydrogen-bond acceptors (Lipinski definition) is 4. The number of aryl methyl sites for hydroxylation is 2. The van der Waals surface area contributed by atoms with Gasteiger partial charge >= 0.3 is 5.97 Å². The lowest BCUT2D eigenvalue weighted by atomic mass is 9.95. The number of pyridine rings is 1. The van der Waals surface area contributed by atoms with Gasteiger partial charge in [0.05, 0.1) is 10.5 Å². The topological polar surface area (TPSA) is 107 Å². The number of carboxylic acids is 1. The van der Waals surface area contributed by atoms with Crippen LogP contribution in [-0.2, 0) is 7.05 Å². The van der Waals surface area contributed by atoms with Gasteiger partial charge in [-0.3, -0.25) is 14.9 Å². The van der Waals surface area contributed by atoms with Crippen molar-refractivity contribution in [1.82, 2.24) is 8.97 Å². The number of aromatic carboxylic acids is 1. The Balaban J connectivity index is 0.000000181. The molecule has 0 amide bonds. The number of hydrogen-bond donors (Lipinski definition) is 1.